The van der Waals surface area contributed by atoms with Crippen LogP contribution in [0.3, 0.4) is 0 Å². The van der Waals surface area contributed by atoms with Gasteiger partial charge in [0.1, 0.15) is 0 Å². The van der Waals surface area contributed by atoms with Gasteiger partial charge in [0.25, 0.3) is 0 Å². The molecule has 0 N–H and O–H groups in total. The lowest BCUT2D eigenvalue weighted by Crippen LogP contribution is -2.45. The summed E-state index contributed by atoms with van der Waals surface area (Å²) in [5.41, 5.74) is 0.599. The molecular weight excluding hydrogens is 258 g/mol. The molecule has 14 heavy (non-hydrogen) atoms. The summed E-state index contributed by atoms with van der Waals surface area (Å²) in [6.45, 7) is 3.59. The van der Waals surface area contributed by atoms with E-state index in [1.165, 1.54) is 36.9 Å². The smallest absolute Gasteiger partial charge is 0.0155 e. The Balaban J connectivity index is 2.34. The van der Waals surface area contributed by atoms with Gasteiger partial charge in [0.05, 0.1) is 0 Å². The van der Waals surface area contributed by atoms with E-state index in [4.69, 9.17) is 0 Å². The van der Waals surface area contributed by atoms with Crippen molar-refractivity contribution >= 4 is 27.7 Å². The highest BCUT2D eigenvalue weighted by molar-refractivity contribution is 9.09. The molecule has 0 bridgehead atoms. The Morgan fingerprint density at radius 1 is 1.50 bits per heavy atom. The molecule has 0 aliphatic heterocycles. The minimum Gasteiger partial charge on any atom is -0.302 e. The Morgan fingerprint density at radius 2 is 2.14 bits per heavy atom. The maximum Gasteiger partial charge on any atom is 0.0155 e. The van der Waals surface area contributed by atoms with E-state index in [2.05, 4.69) is 41.1 Å². The lowest BCUT2D eigenvalue weighted by molar-refractivity contribution is 0.0915. The Morgan fingerprint density at radius 3 is 2.50 bits per heavy atom. The third kappa shape index (κ3) is 3.14. The average molecular weight is 280 g/mol. The highest BCUT2D eigenvalue weighted by Gasteiger charge is 2.37. The fourth-order valence-corrected chi connectivity index (χ4v) is 3.54. The van der Waals surface area contributed by atoms with E-state index in [1.54, 1.807) is 0 Å². The van der Waals surface area contributed by atoms with Crippen LogP contribution < -0.4 is 0 Å². The molecule has 1 aliphatic carbocycles. The molecule has 1 atom stereocenters. The second-order valence-electron chi connectivity index (χ2n) is 4.71. The van der Waals surface area contributed by atoms with E-state index in [-0.39, 0.29) is 0 Å². The highest BCUT2D eigenvalue weighted by atomic mass is 79.9. The fraction of sp³-hybridized carbons (Fsp3) is 1.00. The van der Waals surface area contributed by atoms with Crippen molar-refractivity contribution in [3.05, 3.63) is 0 Å². The van der Waals surface area contributed by atoms with Crippen LogP contribution in [0.4, 0.5) is 0 Å². The first kappa shape index (κ1) is 12.9. The molecule has 1 aliphatic rings. The number of rotatable bonds is 6. The number of thioether (sulfide) groups is 1. The van der Waals surface area contributed by atoms with Gasteiger partial charge < -0.3 is 4.90 Å². The van der Waals surface area contributed by atoms with Crippen molar-refractivity contribution in [1.82, 2.24) is 4.90 Å². The normalized spacial score (nSPS) is 22.1. The summed E-state index contributed by atoms with van der Waals surface area (Å²) in [6.07, 6.45) is 6.44. The summed E-state index contributed by atoms with van der Waals surface area (Å²) >= 11 is 5.61. The van der Waals surface area contributed by atoms with Crippen LogP contribution in [0.15, 0.2) is 0 Å². The summed E-state index contributed by atoms with van der Waals surface area (Å²) < 4.78 is 0. The van der Waals surface area contributed by atoms with Crippen LogP contribution in [0, 0.1) is 5.41 Å². The van der Waals surface area contributed by atoms with Gasteiger partial charge in [-0.25, -0.2) is 0 Å². The molecule has 0 amide bonds. The van der Waals surface area contributed by atoms with Gasteiger partial charge in [0, 0.05) is 23.7 Å². The van der Waals surface area contributed by atoms with E-state index in [1.807, 2.05) is 11.8 Å². The van der Waals surface area contributed by atoms with Gasteiger partial charge in [0.2, 0.25) is 0 Å². The first-order valence-corrected chi connectivity index (χ1v) is 7.90. The summed E-state index contributed by atoms with van der Waals surface area (Å²) in [5, 5.41) is 1.18. The molecule has 0 aromatic carbocycles. The average Bonchev–Trinajstić information content (AvgIpc) is 2.11. The first-order chi connectivity index (χ1) is 6.63. The zero-order chi connectivity index (χ0) is 10.6. The molecule has 3 heteroatoms. The molecule has 1 saturated carbocycles. The van der Waals surface area contributed by atoms with Crippen molar-refractivity contribution in [3.8, 4) is 0 Å². The van der Waals surface area contributed by atoms with Gasteiger partial charge in [0.15, 0.2) is 0 Å². The Kier molecular flexibility index (Phi) is 5.29. The van der Waals surface area contributed by atoms with Crippen molar-refractivity contribution < 1.29 is 0 Å². The fourth-order valence-electron chi connectivity index (χ4n) is 2.06. The standard InChI is InChI=1S/C11H22BrNS/c1-10(7-14-3)13(2)9-11(8-12)5-4-6-11/h10H,4-9H2,1-3H3. The van der Waals surface area contributed by atoms with Crippen LogP contribution >= 0.6 is 27.7 Å². The lowest BCUT2D eigenvalue weighted by Gasteiger charge is -2.44. The quantitative estimate of drug-likeness (QED) is 0.687. The molecule has 1 nitrogen and oxygen atoms in total. The van der Waals surface area contributed by atoms with Crippen LogP contribution in [0.25, 0.3) is 0 Å². The van der Waals surface area contributed by atoms with Crippen LogP contribution in [0.2, 0.25) is 0 Å². The molecular formula is C11H22BrNS. The molecule has 0 aromatic rings. The SMILES string of the molecule is CSCC(C)N(C)CC1(CBr)CCC1. The topological polar surface area (TPSA) is 3.24 Å². The largest absolute Gasteiger partial charge is 0.302 e. The van der Waals surface area contributed by atoms with Gasteiger partial charge in [-0.2, -0.15) is 11.8 Å². The minimum atomic E-state index is 0.599. The molecule has 1 fully saturated rings. The molecule has 0 spiro atoms. The number of halogens is 1. The molecule has 0 heterocycles. The van der Waals surface area contributed by atoms with Crippen molar-refractivity contribution in [3.63, 3.8) is 0 Å². The maximum absolute atomic E-state index is 3.67. The van der Waals surface area contributed by atoms with E-state index in [0.29, 0.717) is 11.5 Å². The van der Waals surface area contributed by atoms with Gasteiger partial charge in [-0.3, -0.25) is 0 Å². The van der Waals surface area contributed by atoms with Crippen LogP contribution in [0.1, 0.15) is 26.2 Å². The molecule has 0 radical (unpaired) electrons. The monoisotopic (exact) mass is 279 g/mol. The van der Waals surface area contributed by atoms with Crippen molar-refractivity contribution in [2.24, 2.45) is 5.41 Å². The van der Waals surface area contributed by atoms with Crippen LogP contribution in [-0.2, 0) is 0 Å². The number of nitrogens with zero attached hydrogens (tertiary/aromatic N) is 1. The second kappa shape index (κ2) is 5.76. The minimum absolute atomic E-state index is 0.599. The van der Waals surface area contributed by atoms with E-state index in [9.17, 15) is 0 Å². The predicted octanol–water partition coefficient (Wildman–Crippen LogP) is 3.23. The summed E-state index contributed by atoms with van der Waals surface area (Å²) in [5.74, 6) is 1.24. The van der Waals surface area contributed by atoms with E-state index in [0.717, 1.165) is 0 Å². The Labute approximate surface area is 101 Å². The van der Waals surface area contributed by atoms with Crippen molar-refractivity contribution in [2.45, 2.75) is 32.2 Å². The van der Waals surface area contributed by atoms with Crippen molar-refractivity contribution in [1.29, 1.82) is 0 Å². The summed E-state index contributed by atoms with van der Waals surface area (Å²) in [7, 11) is 2.27. The maximum atomic E-state index is 3.67. The molecule has 1 unspecified atom stereocenters. The number of alkyl halides is 1. The summed E-state index contributed by atoms with van der Waals surface area (Å²) in [4.78, 5) is 2.52. The van der Waals surface area contributed by atoms with Gasteiger partial charge >= 0.3 is 0 Å². The van der Waals surface area contributed by atoms with Crippen LogP contribution in [-0.4, -0.2) is 41.9 Å². The van der Waals surface area contributed by atoms with Crippen LogP contribution in [0.5, 0.6) is 0 Å². The molecule has 0 aromatic heterocycles. The zero-order valence-electron chi connectivity index (χ0n) is 9.55. The van der Waals surface area contributed by atoms with Crippen molar-refractivity contribution in [2.75, 3.05) is 30.9 Å². The molecule has 0 saturated heterocycles. The molecule has 1 rings (SSSR count). The number of hydrogen-bond donors (Lipinski definition) is 0. The second-order valence-corrected chi connectivity index (χ2v) is 6.18. The van der Waals surface area contributed by atoms with Gasteiger partial charge in [-0.15, -0.1) is 0 Å². The predicted molar refractivity (Wildman–Crippen MR) is 70.6 cm³/mol. The zero-order valence-corrected chi connectivity index (χ0v) is 12.0. The highest BCUT2D eigenvalue weighted by Crippen LogP contribution is 2.43. The number of hydrogen-bond acceptors (Lipinski definition) is 2. The van der Waals surface area contributed by atoms with Gasteiger partial charge in [-0.05, 0) is 38.5 Å². The lowest BCUT2D eigenvalue weighted by atomic mass is 9.70. The van der Waals surface area contributed by atoms with E-state index < -0.39 is 0 Å². The third-order valence-electron chi connectivity index (χ3n) is 3.44. The van der Waals surface area contributed by atoms with E-state index >= 15 is 0 Å². The molecule has 84 valence electrons. The van der Waals surface area contributed by atoms with Gasteiger partial charge in [-0.1, -0.05) is 22.4 Å². The Hall–Kier alpha value is 0.790. The summed E-state index contributed by atoms with van der Waals surface area (Å²) in [6, 6.07) is 0.710. The first-order valence-electron chi connectivity index (χ1n) is 5.39. The third-order valence-corrected chi connectivity index (χ3v) is 5.45. The Bertz CT molecular complexity index is 165.